The summed E-state index contributed by atoms with van der Waals surface area (Å²) in [5.41, 5.74) is 1.71. The molecule has 2 aromatic heterocycles. The van der Waals surface area contributed by atoms with Crippen LogP contribution in [0.2, 0.25) is 0 Å². The number of aromatic nitrogens is 3. The molecular formula is C10H9BrFN3. The third-order valence-electron chi connectivity index (χ3n) is 2.00. The first-order chi connectivity index (χ1) is 7.08. The van der Waals surface area contributed by atoms with Crippen molar-refractivity contribution in [1.29, 1.82) is 0 Å². The van der Waals surface area contributed by atoms with Crippen LogP contribution in [0.25, 0.3) is 5.82 Å². The largest absolute Gasteiger partial charge is 0.233 e. The average molecular weight is 270 g/mol. The standard InChI is InChI=1S/C10H9BrFN3/c1-6-3-7(2)15(14-6)10-9(12)4-8(11)5-13-10/h3-5H,1-2H3. The van der Waals surface area contributed by atoms with Crippen LogP contribution in [0.15, 0.2) is 22.8 Å². The molecule has 3 nitrogen and oxygen atoms in total. The molecular weight excluding hydrogens is 261 g/mol. The van der Waals surface area contributed by atoms with Gasteiger partial charge in [0.05, 0.1) is 5.69 Å². The van der Waals surface area contributed by atoms with Crippen molar-refractivity contribution in [1.82, 2.24) is 14.8 Å². The van der Waals surface area contributed by atoms with Crippen LogP contribution in [0, 0.1) is 19.7 Å². The van der Waals surface area contributed by atoms with E-state index in [0.29, 0.717) is 4.47 Å². The lowest BCUT2D eigenvalue weighted by Crippen LogP contribution is -2.04. The molecule has 0 aliphatic carbocycles. The first-order valence-corrected chi connectivity index (χ1v) is 5.22. The number of nitrogens with zero attached hydrogens (tertiary/aromatic N) is 3. The molecule has 0 spiro atoms. The number of rotatable bonds is 1. The van der Waals surface area contributed by atoms with E-state index in [1.54, 1.807) is 6.20 Å². The fourth-order valence-electron chi connectivity index (χ4n) is 1.41. The molecule has 0 atom stereocenters. The van der Waals surface area contributed by atoms with Crippen molar-refractivity contribution in [3.8, 4) is 5.82 Å². The molecule has 0 radical (unpaired) electrons. The second kappa shape index (κ2) is 3.73. The monoisotopic (exact) mass is 269 g/mol. The van der Waals surface area contributed by atoms with Crippen LogP contribution in [0.4, 0.5) is 4.39 Å². The predicted molar refractivity (Wildman–Crippen MR) is 58.5 cm³/mol. The normalized spacial score (nSPS) is 10.7. The molecule has 5 heteroatoms. The third-order valence-corrected chi connectivity index (χ3v) is 2.43. The SMILES string of the molecule is Cc1cc(C)n(-c2ncc(Br)cc2F)n1. The molecule has 0 saturated heterocycles. The number of pyridine rings is 1. The van der Waals surface area contributed by atoms with Gasteiger partial charge in [0.15, 0.2) is 11.6 Å². The Morgan fingerprint density at radius 3 is 2.60 bits per heavy atom. The van der Waals surface area contributed by atoms with E-state index in [0.717, 1.165) is 11.4 Å². The first-order valence-electron chi connectivity index (χ1n) is 4.42. The smallest absolute Gasteiger partial charge is 0.189 e. The number of aryl methyl sites for hydroxylation is 2. The molecule has 15 heavy (non-hydrogen) atoms. The second-order valence-corrected chi connectivity index (χ2v) is 4.21. The number of halogens is 2. The van der Waals surface area contributed by atoms with Crippen molar-refractivity contribution in [2.75, 3.05) is 0 Å². The highest BCUT2D eigenvalue weighted by atomic mass is 79.9. The highest BCUT2D eigenvalue weighted by Crippen LogP contribution is 2.17. The Hall–Kier alpha value is -1.23. The predicted octanol–water partition coefficient (Wildman–Crippen LogP) is 2.79. The highest BCUT2D eigenvalue weighted by Gasteiger charge is 2.10. The van der Waals surface area contributed by atoms with Gasteiger partial charge in [0.25, 0.3) is 0 Å². The van der Waals surface area contributed by atoms with E-state index in [2.05, 4.69) is 26.0 Å². The topological polar surface area (TPSA) is 30.7 Å². The summed E-state index contributed by atoms with van der Waals surface area (Å²) in [5, 5.41) is 4.17. The zero-order chi connectivity index (χ0) is 11.0. The van der Waals surface area contributed by atoms with Gasteiger partial charge in [-0.15, -0.1) is 0 Å². The lowest BCUT2D eigenvalue weighted by molar-refractivity contribution is 0.596. The highest BCUT2D eigenvalue weighted by molar-refractivity contribution is 9.10. The molecule has 0 fully saturated rings. The van der Waals surface area contributed by atoms with Gasteiger partial charge >= 0.3 is 0 Å². The Balaban J connectivity index is 2.59. The van der Waals surface area contributed by atoms with E-state index in [-0.39, 0.29) is 5.82 Å². The van der Waals surface area contributed by atoms with Crippen LogP contribution in [0.3, 0.4) is 0 Å². The Bertz CT molecular complexity index is 507. The van der Waals surface area contributed by atoms with Gasteiger partial charge in [-0.05, 0) is 41.9 Å². The molecule has 0 saturated carbocycles. The summed E-state index contributed by atoms with van der Waals surface area (Å²) in [7, 11) is 0. The Morgan fingerprint density at radius 2 is 2.07 bits per heavy atom. The summed E-state index contributed by atoms with van der Waals surface area (Å²) in [4.78, 5) is 4.00. The molecule has 2 rings (SSSR count). The van der Waals surface area contributed by atoms with Crippen molar-refractivity contribution >= 4 is 15.9 Å². The maximum atomic E-state index is 13.6. The van der Waals surface area contributed by atoms with Crippen molar-refractivity contribution in [2.24, 2.45) is 0 Å². The summed E-state index contributed by atoms with van der Waals surface area (Å²) in [6, 6.07) is 3.25. The van der Waals surface area contributed by atoms with Crippen molar-refractivity contribution in [3.05, 3.63) is 40.0 Å². The van der Waals surface area contributed by atoms with Gasteiger partial charge < -0.3 is 0 Å². The average Bonchev–Trinajstić information content (AvgIpc) is 2.45. The summed E-state index contributed by atoms with van der Waals surface area (Å²) >= 11 is 3.16. The van der Waals surface area contributed by atoms with Gasteiger partial charge in [0, 0.05) is 16.4 Å². The molecule has 0 unspecified atom stereocenters. The number of hydrogen-bond donors (Lipinski definition) is 0. The minimum atomic E-state index is -0.393. The van der Waals surface area contributed by atoms with Crippen LogP contribution in [0.1, 0.15) is 11.4 Å². The second-order valence-electron chi connectivity index (χ2n) is 3.30. The van der Waals surface area contributed by atoms with Crippen LogP contribution < -0.4 is 0 Å². The Kier molecular flexibility index (Phi) is 2.56. The minimum absolute atomic E-state index is 0.226. The van der Waals surface area contributed by atoms with E-state index in [4.69, 9.17) is 0 Å². The number of hydrogen-bond acceptors (Lipinski definition) is 2. The van der Waals surface area contributed by atoms with E-state index in [1.807, 2.05) is 19.9 Å². The molecule has 2 heterocycles. The molecule has 0 N–H and O–H groups in total. The van der Waals surface area contributed by atoms with E-state index in [1.165, 1.54) is 10.7 Å². The van der Waals surface area contributed by atoms with Gasteiger partial charge in [0.2, 0.25) is 0 Å². The fraction of sp³-hybridized carbons (Fsp3) is 0.200. The molecule has 0 amide bonds. The van der Waals surface area contributed by atoms with Gasteiger partial charge in [0.1, 0.15) is 0 Å². The minimum Gasteiger partial charge on any atom is -0.233 e. The fourth-order valence-corrected chi connectivity index (χ4v) is 1.71. The van der Waals surface area contributed by atoms with E-state index >= 15 is 0 Å². The third kappa shape index (κ3) is 1.92. The quantitative estimate of drug-likeness (QED) is 0.797. The Labute approximate surface area is 95.1 Å². The molecule has 0 aromatic carbocycles. The lowest BCUT2D eigenvalue weighted by atomic mass is 10.4. The molecule has 0 aliphatic rings. The summed E-state index contributed by atoms with van der Waals surface area (Å²) in [5.74, 6) is -0.167. The maximum absolute atomic E-state index is 13.6. The molecule has 2 aromatic rings. The lowest BCUT2D eigenvalue weighted by Gasteiger charge is -2.04. The zero-order valence-corrected chi connectivity index (χ0v) is 9.92. The Morgan fingerprint density at radius 1 is 1.33 bits per heavy atom. The van der Waals surface area contributed by atoms with Crippen molar-refractivity contribution in [2.45, 2.75) is 13.8 Å². The van der Waals surface area contributed by atoms with Gasteiger partial charge in [-0.1, -0.05) is 0 Å². The molecule has 0 aliphatic heterocycles. The van der Waals surface area contributed by atoms with E-state index in [9.17, 15) is 4.39 Å². The van der Waals surface area contributed by atoms with E-state index < -0.39 is 5.82 Å². The summed E-state index contributed by atoms with van der Waals surface area (Å²) < 4.78 is 15.7. The first kappa shape index (κ1) is 10.3. The van der Waals surface area contributed by atoms with Gasteiger partial charge in [-0.3, -0.25) is 0 Å². The molecule has 0 bridgehead atoms. The van der Waals surface area contributed by atoms with Crippen LogP contribution >= 0.6 is 15.9 Å². The summed E-state index contributed by atoms with van der Waals surface area (Å²) in [6.07, 6.45) is 1.55. The summed E-state index contributed by atoms with van der Waals surface area (Å²) in [6.45, 7) is 3.73. The van der Waals surface area contributed by atoms with Gasteiger partial charge in [-0.2, -0.15) is 5.10 Å². The van der Waals surface area contributed by atoms with Gasteiger partial charge in [-0.25, -0.2) is 14.1 Å². The van der Waals surface area contributed by atoms with Crippen molar-refractivity contribution in [3.63, 3.8) is 0 Å². The zero-order valence-electron chi connectivity index (χ0n) is 8.33. The van der Waals surface area contributed by atoms with Crippen LogP contribution in [0.5, 0.6) is 0 Å². The van der Waals surface area contributed by atoms with Crippen LogP contribution in [-0.2, 0) is 0 Å². The molecule has 78 valence electrons. The maximum Gasteiger partial charge on any atom is 0.189 e. The van der Waals surface area contributed by atoms with Crippen molar-refractivity contribution < 1.29 is 4.39 Å². The van der Waals surface area contributed by atoms with Crippen LogP contribution in [-0.4, -0.2) is 14.8 Å².